The Balaban J connectivity index is 2.01. The topological polar surface area (TPSA) is 81.7 Å². The van der Waals surface area contributed by atoms with Crippen LogP contribution in [0.4, 0.5) is 5.69 Å². The Bertz CT molecular complexity index is 885. The van der Waals surface area contributed by atoms with Crippen LogP contribution < -0.4 is 4.90 Å². The molecule has 130 valence electrons. The van der Waals surface area contributed by atoms with Gasteiger partial charge in [-0.1, -0.05) is 0 Å². The lowest BCUT2D eigenvalue weighted by molar-refractivity contribution is 0.206. The SMILES string of the molecule is C/N=C\c1cc(N2CCN(S(C)(=O)=O)C(C)(C)C2)c2cn[nH]c2c1. The number of sulfonamides is 1. The number of fused-ring (bicyclic) bond motifs is 1. The normalized spacial score (nSPS) is 19.4. The van der Waals surface area contributed by atoms with Crippen molar-refractivity contribution in [3.8, 4) is 0 Å². The minimum absolute atomic E-state index is 0.470. The van der Waals surface area contributed by atoms with Crippen molar-refractivity contribution < 1.29 is 8.42 Å². The molecule has 1 aromatic heterocycles. The molecule has 1 aliphatic rings. The molecule has 1 fully saturated rings. The third-order valence-electron chi connectivity index (χ3n) is 4.40. The van der Waals surface area contributed by atoms with E-state index < -0.39 is 15.6 Å². The van der Waals surface area contributed by atoms with Crippen molar-refractivity contribution >= 4 is 32.8 Å². The summed E-state index contributed by atoms with van der Waals surface area (Å²) in [6.45, 7) is 5.65. The van der Waals surface area contributed by atoms with Crippen molar-refractivity contribution in [2.45, 2.75) is 19.4 Å². The molecule has 0 amide bonds. The summed E-state index contributed by atoms with van der Waals surface area (Å²) in [5.74, 6) is 0. The third kappa shape index (κ3) is 3.03. The molecule has 7 nitrogen and oxygen atoms in total. The minimum atomic E-state index is -3.22. The summed E-state index contributed by atoms with van der Waals surface area (Å²) in [7, 11) is -1.48. The van der Waals surface area contributed by atoms with E-state index in [2.05, 4.69) is 26.2 Å². The van der Waals surface area contributed by atoms with Crippen molar-refractivity contribution in [1.29, 1.82) is 0 Å². The van der Waals surface area contributed by atoms with Crippen LogP contribution in [0.5, 0.6) is 0 Å². The Kier molecular flexibility index (Phi) is 4.13. The number of aliphatic imine (C=N–C) groups is 1. The zero-order chi connectivity index (χ0) is 17.5. The quantitative estimate of drug-likeness (QED) is 0.851. The molecule has 1 N–H and O–H groups in total. The first-order valence-electron chi connectivity index (χ1n) is 7.84. The molecular formula is C16H23N5O2S. The van der Waals surface area contributed by atoms with Gasteiger partial charge >= 0.3 is 0 Å². The van der Waals surface area contributed by atoms with Crippen molar-refractivity contribution in [2.24, 2.45) is 4.99 Å². The van der Waals surface area contributed by atoms with Gasteiger partial charge in [0.2, 0.25) is 10.0 Å². The molecule has 0 atom stereocenters. The zero-order valence-corrected chi connectivity index (χ0v) is 15.3. The van der Waals surface area contributed by atoms with Crippen LogP contribution in [-0.4, -0.2) is 67.6 Å². The van der Waals surface area contributed by atoms with Gasteiger partial charge in [0.05, 0.1) is 18.0 Å². The highest BCUT2D eigenvalue weighted by Gasteiger charge is 2.39. The first-order valence-corrected chi connectivity index (χ1v) is 9.69. The molecular weight excluding hydrogens is 326 g/mol. The van der Waals surface area contributed by atoms with Crippen molar-refractivity contribution in [1.82, 2.24) is 14.5 Å². The molecule has 1 saturated heterocycles. The summed E-state index contributed by atoms with van der Waals surface area (Å²) in [6.07, 6.45) is 4.90. The van der Waals surface area contributed by atoms with Crippen LogP contribution in [0.2, 0.25) is 0 Å². The maximum atomic E-state index is 12.0. The first kappa shape index (κ1) is 16.9. The Morgan fingerprint density at radius 2 is 2.08 bits per heavy atom. The molecule has 8 heteroatoms. The highest BCUT2D eigenvalue weighted by atomic mass is 32.2. The van der Waals surface area contributed by atoms with Crippen molar-refractivity contribution in [3.05, 3.63) is 23.9 Å². The second-order valence-corrected chi connectivity index (χ2v) is 8.73. The van der Waals surface area contributed by atoms with Gasteiger partial charge in [-0.25, -0.2) is 8.42 Å². The summed E-state index contributed by atoms with van der Waals surface area (Å²) in [5, 5.41) is 8.19. The molecule has 2 aromatic rings. The van der Waals surface area contributed by atoms with E-state index >= 15 is 0 Å². The Morgan fingerprint density at radius 3 is 2.71 bits per heavy atom. The molecule has 2 heterocycles. The predicted octanol–water partition coefficient (Wildman–Crippen LogP) is 1.47. The smallest absolute Gasteiger partial charge is 0.211 e. The van der Waals surface area contributed by atoms with Crippen LogP contribution in [0.3, 0.4) is 0 Å². The van der Waals surface area contributed by atoms with Gasteiger partial charge in [0.15, 0.2) is 0 Å². The molecule has 0 bridgehead atoms. The molecule has 1 aliphatic heterocycles. The zero-order valence-electron chi connectivity index (χ0n) is 14.4. The highest BCUT2D eigenvalue weighted by molar-refractivity contribution is 7.88. The van der Waals surface area contributed by atoms with E-state index in [4.69, 9.17) is 0 Å². The Hall–Kier alpha value is -1.93. The molecule has 0 radical (unpaired) electrons. The van der Waals surface area contributed by atoms with E-state index in [-0.39, 0.29) is 0 Å². The predicted molar refractivity (Wildman–Crippen MR) is 97.5 cm³/mol. The number of aromatic nitrogens is 2. The molecule has 0 saturated carbocycles. The molecule has 24 heavy (non-hydrogen) atoms. The van der Waals surface area contributed by atoms with Crippen LogP contribution in [0.15, 0.2) is 23.3 Å². The average Bonchev–Trinajstić information content (AvgIpc) is 2.92. The molecule has 0 aliphatic carbocycles. The molecule has 0 unspecified atom stereocenters. The number of aromatic amines is 1. The van der Waals surface area contributed by atoms with Crippen LogP contribution in [0.25, 0.3) is 10.9 Å². The number of nitrogens with one attached hydrogen (secondary N) is 1. The fourth-order valence-electron chi connectivity index (χ4n) is 3.50. The lowest BCUT2D eigenvalue weighted by Crippen LogP contribution is -2.60. The van der Waals surface area contributed by atoms with Crippen LogP contribution in [-0.2, 0) is 10.0 Å². The number of hydrogen-bond acceptors (Lipinski definition) is 5. The van der Waals surface area contributed by atoms with Gasteiger partial charge in [-0.3, -0.25) is 10.1 Å². The summed E-state index contributed by atoms with van der Waals surface area (Å²) in [6, 6.07) is 4.09. The summed E-state index contributed by atoms with van der Waals surface area (Å²) < 4.78 is 25.6. The monoisotopic (exact) mass is 349 g/mol. The fraction of sp³-hybridized carbons (Fsp3) is 0.500. The van der Waals surface area contributed by atoms with Gasteiger partial charge in [-0.2, -0.15) is 9.40 Å². The van der Waals surface area contributed by atoms with E-state index in [1.54, 1.807) is 11.4 Å². The minimum Gasteiger partial charge on any atom is -0.368 e. The Morgan fingerprint density at radius 1 is 1.33 bits per heavy atom. The number of piperazine rings is 1. The van der Waals surface area contributed by atoms with Crippen molar-refractivity contribution in [3.63, 3.8) is 0 Å². The first-order chi connectivity index (χ1) is 11.2. The maximum Gasteiger partial charge on any atom is 0.211 e. The largest absolute Gasteiger partial charge is 0.368 e. The maximum absolute atomic E-state index is 12.0. The van der Waals surface area contributed by atoms with E-state index in [1.165, 1.54) is 6.26 Å². The standard InChI is InChI=1S/C16H23N5O2S/c1-16(2)11-20(5-6-21(16)24(4,22)23)15-8-12(9-17-3)7-14-13(15)10-18-19-14/h7-10H,5-6,11H2,1-4H3,(H,18,19)/b17-9-. The highest BCUT2D eigenvalue weighted by Crippen LogP contribution is 2.32. The van der Waals surface area contributed by atoms with E-state index in [0.717, 1.165) is 22.2 Å². The molecule has 0 spiro atoms. The molecule has 1 aromatic carbocycles. The number of rotatable bonds is 3. The number of nitrogens with zero attached hydrogens (tertiary/aromatic N) is 4. The van der Waals surface area contributed by atoms with Crippen LogP contribution in [0.1, 0.15) is 19.4 Å². The van der Waals surface area contributed by atoms with Crippen LogP contribution in [0, 0.1) is 0 Å². The number of hydrogen-bond donors (Lipinski definition) is 1. The van der Waals surface area contributed by atoms with Gasteiger partial charge < -0.3 is 4.90 Å². The molecule has 3 rings (SSSR count). The third-order valence-corrected chi connectivity index (χ3v) is 5.88. The summed E-state index contributed by atoms with van der Waals surface area (Å²) in [4.78, 5) is 6.32. The van der Waals surface area contributed by atoms with Gasteiger partial charge in [0.25, 0.3) is 0 Å². The lowest BCUT2D eigenvalue weighted by Gasteiger charge is -2.46. The summed E-state index contributed by atoms with van der Waals surface area (Å²) in [5.41, 5.74) is 2.52. The van der Waals surface area contributed by atoms with Gasteiger partial charge in [0.1, 0.15) is 0 Å². The van der Waals surface area contributed by atoms with Gasteiger partial charge in [0, 0.05) is 49.5 Å². The lowest BCUT2D eigenvalue weighted by atomic mass is 10.0. The second kappa shape index (κ2) is 5.86. The van der Waals surface area contributed by atoms with E-state index in [0.29, 0.717) is 19.6 Å². The van der Waals surface area contributed by atoms with Gasteiger partial charge in [-0.05, 0) is 31.5 Å². The van der Waals surface area contributed by atoms with Gasteiger partial charge in [-0.15, -0.1) is 0 Å². The second-order valence-electron chi connectivity index (χ2n) is 6.83. The number of anilines is 1. The summed E-state index contributed by atoms with van der Waals surface area (Å²) >= 11 is 0. The Labute approximate surface area is 142 Å². The average molecular weight is 349 g/mol. The number of H-pyrrole nitrogens is 1. The van der Waals surface area contributed by atoms with Crippen molar-refractivity contribution in [2.75, 3.05) is 37.8 Å². The fourth-order valence-corrected chi connectivity index (χ4v) is 4.87. The van der Waals surface area contributed by atoms with E-state index in [1.807, 2.05) is 32.3 Å². The van der Waals surface area contributed by atoms with Crippen LogP contribution >= 0.6 is 0 Å². The number of benzene rings is 1. The van der Waals surface area contributed by atoms with E-state index in [9.17, 15) is 8.42 Å².